The highest BCUT2D eigenvalue weighted by atomic mass is 16.4. The molecular formula is C10H15N3O3. The quantitative estimate of drug-likeness (QED) is 0.573. The summed E-state index contributed by atoms with van der Waals surface area (Å²) in [4.78, 5) is 23.6. The number of nitrogens with one attached hydrogen (secondary N) is 1. The Morgan fingerprint density at radius 1 is 1.44 bits per heavy atom. The van der Waals surface area contributed by atoms with Crippen molar-refractivity contribution < 1.29 is 14.7 Å². The van der Waals surface area contributed by atoms with Gasteiger partial charge in [-0.2, -0.15) is 5.26 Å². The van der Waals surface area contributed by atoms with Crippen molar-refractivity contribution in [2.45, 2.75) is 25.3 Å². The molecule has 0 heterocycles. The highest BCUT2D eigenvalue weighted by Crippen LogP contribution is 2.26. The van der Waals surface area contributed by atoms with Crippen LogP contribution < -0.4 is 5.32 Å². The van der Waals surface area contributed by atoms with Crippen LogP contribution in [0.3, 0.4) is 0 Å². The maximum Gasteiger partial charge on any atom is 0.317 e. The molecule has 0 atom stereocenters. The third kappa shape index (κ3) is 4.75. The van der Waals surface area contributed by atoms with Gasteiger partial charge in [-0.3, -0.25) is 14.5 Å². The van der Waals surface area contributed by atoms with E-state index in [1.165, 1.54) is 0 Å². The molecule has 1 fully saturated rings. The summed E-state index contributed by atoms with van der Waals surface area (Å²) in [6.07, 6.45) is 2.19. The third-order valence-electron chi connectivity index (χ3n) is 2.31. The molecule has 0 saturated heterocycles. The van der Waals surface area contributed by atoms with Crippen LogP contribution >= 0.6 is 0 Å². The number of carbonyl (C=O) groups is 2. The summed E-state index contributed by atoms with van der Waals surface area (Å²) in [5.74, 6) is -1.14. The Hall–Kier alpha value is -1.61. The summed E-state index contributed by atoms with van der Waals surface area (Å²) in [7, 11) is 0. The van der Waals surface area contributed by atoms with E-state index in [1.54, 1.807) is 4.90 Å². The van der Waals surface area contributed by atoms with Crippen LogP contribution in [0.15, 0.2) is 0 Å². The molecule has 0 spiro atoms. The minimum Gasteiger partial charge on any atom is -0.480 e. The van der Waals surface area contributed by atoms with Gasteiger partial charge in [-0.25, -0.2) is 0 Å². The van der Waals surface area contributed by atoms with Gasteiger partial charge in [-0.1, -0.05) is 0 Å². The number of hydrogen-bond acceptors (Lipinski definition) is 4. The summed E-state index contributed by atoms with van der Waals surface area (Å²) in [6.45, 7) is 0.319. The largest absolute Gasteiger partial charge is 0.480 e. The molecule has 0 aromatic heterocycles. The molecule has 1 saturated carbocycles. The minimum atomic E-state index is -0.920. The van der Waals surface area contributed by atoms with Crippen LogP contribution in [0.4, 0.5) is 0 Å². The maximum absolute atomic E-state index is 11.4. The van der Waals surface area contributed by atoms with E-state index in [1.807, 2.05) is 6.07 Å². The zero-order valence-corrected chi connectivity index (χ0v) is 8.98. The molecule has 16 heavy (non-hydrogen) atoms. The smallest absolute Gasteiger partial charge is 0.317 e. The van der Waals surface area contributed by atoms with Crippen molar-refractivity contribution in [3.63, 3.8) is 0 Å². The number of carbonyl (C=O) groups excluding carboxylic acids is 1. The number of rotatable bonds is 7. The second-order valence-corrected chi connectivity index (χ2v) is 3.79. The average molecular weight is 225 g/mol. The summed E-state index contributed by atoms with van der Waals surface area (Å²) < 4.78 is 0. The summed E-state index contributed by atoms with van der Waals surface area (Å²) >= 11 is 0. The zero-order valence-electron chi connectivity index (χ0n) is 8.98. The van der Waals surface area contributed by atoms with Gasteiger partial charge in [0, 0.05) is 12.6 Å². The third-order valence-corrected chi connectivity index (χ3v) is 2.31. The molecule has 0 aliphatic heterocycles. The number of nitrogens with zero attached hydrogens (tertiary/aromatic N) is 2. The summed E-state index contributed by atoms with van der Waals surface area (Å²) in [5.41, 5.74) is 0. The fourth-order valence-corrected chi connectivity index (χ4v) is 1.43. The second-order valence-electron chi connectivity index (χ2n) is 3.79. The average Bonchev–Trinajstić information content (AvgIpc) is 2.99. The van der Waals surface area contributed by atoms with Crippen LogP contribution in [0, 0.1) is 11.3 Å². The summed E-state index contributed by atoms with van der Waals surface area (Å²) in [6, 6.07) is 2.16. The first-order chi connectivity index (χ1) is 7.63. The Morgan fingerprint density at radius 3 is 2.62 bits per heavy atom. The van der Waals surface area contributed by atoms with Crippen LogP contribution in [0.1, 0.15) is 19.3 Å². The van der Waals surface area contributed by atoms with Crippen LogP contribution in [0.5, 0.6) is 0 Å². The van der Waals surface area contributed by atoms with E-state index in [2.05, 4.69) is 5.32 Å². The first-order valence-electron chi connectivity index (χ1n) is 5.23. The number of carboxylic acids is 1. The molecule has 2 N–H and O–H groups in total. The lowest BCUT2D eigenvalue weighted by Gasteiger charge is -2.18. The van der Waals surface area contributed by atoms with Gasteiger partial charge in [0.05, 0.1) is 25.6 Å². The Balaban J connectivity index is 2.28. The van der Waals surface area contributed by atoms with Gasteiger partial charge in [0.15, 0.2) is 0 Å². The molecule has 0 unspecified atom stereocenters. The highest BCUT2D eigenvalue weighted by Gasteiger charge is 2.31. The topological polar surface area (TPSA) is 93.4 Å². The Kier molecular flexibility index (Phi) is 4.73. The standard InChI is InChI=1S/C10H15N3O3/c11-4-1-5-12-9(14)6-13(7-10(15)16)8-2-3-8/h8H,1-3,5-7H2,(H,12,14)(H,15,16). The van der Waals surface area contributed by atoms with Gasteiger partial charge in [0.2, 0.25) is 5.91 Å². The zero-order chi connectivity index (χ0) is 12.0. The molecule has 1 aliphatic carbocycles. The lowest BCUT2D eigenvalue weighted by Crippen LogP contribution is -2.41. The molecule has 1 rings (SSSR count). The molecule has 6 heteroatoms. The number of nitriles is 1. The number of hydrogen-bond donors (Lipinski definition) is 2. The molecule has 0 bridgehead atoms. The van der Waals surface area contributed by atoms with E-state index in [9.17, 15) is 9.59 Å². The van der Waals surface area contributed by atoms with Gasteiger partial charge in [0.1, 0.15) is 0 Å². The van der Waals surface area contributed by atoms with Crippen molar-refractivity contribution in [1.82, 2.24) is 10.2 Å². The van der Waals surface area contributed by atoms with Gasteiger partial charge in [0.25, 0.3) is 0 Å². The number of aliphatic carboxylic acids is 1. The van der Waals surface area contributed by atoms with Gasteiger partial charge in [-0.05, 0) is 12.8 Å². The minimum absolute atomic E-state index is 0.0996. The van der Waals surface area contributed by atoms with Crippen molar-refractivity contribution in [3.8, 4) is 6.07 Å². The molecule has 6 nitrogen and oxygen atoms in total. The van der Waals surface area contributed by atoms with Crippen LogP contribution in [0.25, 0.3) is 0 Å². The molecule has 1 amide bonds. The lowest BCUT2D eigenvalue weighted by molar-refractivity contribution is -0.138. The number of carboxylic acid groups (broad SMARTS) is 1. The SMILES string of the molecule is N#CCCNC(=O)CN(CC(=O)O)C1CC1. The van der Waals surface area contributed by atoms with Crippen molar-refractivity contribution in [2.75, 3.05) is 19.6 Å². The maximum atomic E-state index is 11.4. The van der Waals surface area contributed by atoms with Gasteiger partial charge < -0.3 is 10.4 Å². The fraction of sp³-hybridized carbons (Fsp3) is 0.700. The van der Waals surface area contributed by atoms with Gasteiger partial charge in [-0.15, -0.1) is 0 Å². The Labute approximate surface area is 93.8 Å². The first kappa shape index (κ1) is 12.5. The van der Waals surface area contributed by atoms with E-state index < -0.39 is 5.97 Å². The van der Waals surface area contributed by atoms with Gasteiger partial charge >= 0.3 is 5.97 Å². The lowest BCUT2D eigenvalue weighted by atomic mass is 10.4. The van der Waals surface area contributed by atoms with Crippen molar-refractivity contribution in [2.24, 2.45) is 0 Å². The number of amides is 1. The van der Waals surface area contributed by atoms with Crippen molar-refractivity contribution in [3.05, 3.63) is 0 Å². The fourth-order valence-electron chi connectivity index (χ4n) is 1.43. The molecule has 88 valence electrons. The second kappa shape index (κ2) is 6.08. The predicted octanol–water partition coefficient (Wildman–Crippen LogP) is -0.435. The monoisotopic (exact) mass is 225 g/mol. The van der Waals surface area contributed by atoms with E-state index in [0.717, 1.165) is 12.8 Å². The molecular weight excluding hydrogens is 210 g/mol. The highest BCUT2D eigenvalue weighted by molar-refractivity contribution is 5.79. The predicted molar refractivity (Wildman–Crippen MR) is 55.5 cm³/mol. The van der Waals surface area contributed by atoms with Crippen molar-refractivity contribution in [1.29, 1.82) is 5.26 Å². The normalized spacial score (nSPS) is 14.5. The van der Waals surface area contributed by atoms with Crippen LogP contribution in [-0.2, 0) is 9.59 Å². The Bertz CT molecular complexity index is 307. The van der Waals surface area contributed by atoms with E-state index >= 15 is 0 Å². The van der Waals surface area contributed by atoms with Crippen LogP contribution in [-0.4, -0.2) is 47.6 Å². The Morgan fingerprint density at radius 2 is 2.12 bits per heavy atom. The molecule has 0 aromatic rings. The summed E-state index contributed by atoms with van der Waals surface area (Å²) in [5, 5.41) is 19.5. The van der Waals surface area contributed by atoms with Crippen LogP contribution in [0.2, 0.25) is 0 Å². The molecule has 1 aliphatic rings. The van der Waals surface area contributed by atoms with E-state index in [-0.39, 0.29) is 31.5 Å². The van der Waals surface area contributed by atoms with E-state index in [0.29, 0.717) is 6.54 Å². The first-order valence-corrected chi connectivity index (χ1v) is 5.23. The van der Waals surface area contributed by atoms with E-state index in [4.69, 9.17) is 10.4 Å². The van der Waals surface area contributed by atoms with Crippen molar-refractivity contribution >= 4 is 11.9 Å². The molecule has 0 aromatic carbocycles. The molecule has 0 radical (unpaired) electrons.